The van der Waals surface area contributed by atoms with Gasteiger partial charge in [0.15, 0.2) is 0 Å². The molecule has 2 rings (SSSR count). The normalized spacial score (nSPS) is 14.2. The lowest BCUT2D eigenvalue weighted by molar-refractivity contribution is -0.136. The number of nitrogens with one attached hydrogen (secondary N) is 2. The second-order valence-electron chi connectivity index (χ2n) is 5.16. The zero-order valence-electron chi connectivity index (χ0n) is 12.1. The third-order valence-electron chi connectivity index (χ3n) is 3.52. The summed E-state index contributed by atoms with van der Waals surface area (Å²) in [5.41, 5.74) is 0.657. The Hall–Kier alpha value is -2.24. The Labute approximate surface area is 127 Å². The van der Waals surface area contributed by atoms with Gasteiger partial charge in [0.25, 0.3) is 0 Å². The van der Waals surface area contributed by atoms with Crippen LogP contribution >= 0.6 is 0 Å². The van der Waals surface area contributed by atoms with Gasteiger partial charge in [0.1, 0.15) is 17.3 Å². The van der Waals surface area contributed by atoms with Crippen molar-refractivity contribution >= 4 is 17.5 Å². The van der Waals surface area contributed by atoms with Crippen LogP contribution in [0.2, 0.25) is 0 Å². The van der Waals surface area contributed by atoms with Crippen molar-refractivity contribution in [3.8, 4) is 0 Å². The van der Waals surface area contributed by atoms with Gasteiger partial charge in [-0.25, -0.2) is 8.78 Å². The minimum absolute atomic E-state index is 0.331. The molecule has 0 aliphatic heterocycles. The molecule has 1 aliphatic carbocycles. The standard InChI is InChI=1S/C16H18F2N2O2/c17-12-7-4-8-13(18)14(12)20-16(22)15(21)19-10-9-11-5-2-1-3-6-11/h4-5,7-8H,1-3,6,9-10H2,(H,19,21)(H,20,22). The maximum absolute atomic E-state index is 13.4. The van der Waals surface area contributed by atoms with Gasteiger partial charge in [-0.3, -0.25) is 9.59 Å². The highest BCUT2D eigenvalue weighted by Gasteiger charge is 2.17. The lowest BCUT2D eigenvalue weighted by atomic mass is 9.97. The molecule has 0 bridgehead atoms. The molecule has 0 fully saturated rings. The van der Waals surface area contributed by atoms with Gasteiger partial charge >= 0.3 is 11.8 Å². The average Bonchev–Trinajstić information content (AvgIpc) is 2.52. The smallest absolute Gasteiger partial charge is 0.313 e. The minimum Gasteiger partial charge on any atom is -0.348 e. The van der Waals surface area contributed by atoms with E-state index in [4.69, 9.17) is 0 Å². The van der Waals surface area contributed by atoms with Crippen molar-refractivity contribution in [2.24, 2.45) is 0 Å². The number of halogens is 2. The van der Waals surface area contributed by atoms with Gasteiger partial charge in [-0.1, -0.05) is 17.7 Å². The van der Waals surface area contributed by atoms with Gasteiger partial charge < -0.3 is 10.6 Å². The maximum atomic E-state index is 13.4. The number of carbonyl (C=O) groups excluding carboxylic acids is 2. The van der Waals surface area contributed by atoms with E-state index < -0.39 is 29.1 Å². The van der Waals surface area contributed by atoms with Crippen molar-refractivity contribution in [2.75, 3.05) is 11.9 Å². The average molecular weight is 308 g/mol. The van der Waals surface area contributed by atoms with Crippen molar-refractivity contribution in [2.45, 2.75) is 32.1 Å². The van der Waals surface area contributed by atoms with E-state index in [1.165, 1.54) is 18.1 Å². The van der Waals surface area contributed by atoms with E-state index in [2.05, 4.69) is 11.4 Å². The summed E-state index contributed by atoms with van der Waals surface area (Å²) < 4.78 is 26.8. The summed E-state index contributed by atoms with van der Waals surface area (Å²) in [4.78, 5) is 23.3. The maximum Gasteiger partial charge on any atom is 0.313 e. The first kappa shape index (κ1) is 16.1. The van der Waals surface area contributed by atoms with Crippen LogP contribution in [0.1, 0.15) is 32.1 Å². The number of hydrogen-bond acceptors (Lipinski definition) is 2. The molecule has 118 valence electrons. The van der Waals surface area contributed by atoms with E-state index in [-0.39, 0.29) is 0 Å². The number of amides is 2. The van der Waals surface area contributed by atoms with Gasteiger partial charge in [-0.05, 0) is 44.2 Å². The molecule has 1 aromatic carbocycles. The molecule has 6 heteroatoms. The van der Waals surface area contributed by atoms with Crippen molar-refractivity contribution in [1.29, 1.82) is 0 Å². The zero-order valence-corrected chi connectivity index (χ0v) is 12.1. The summed E-state index contributed by atoms with van der Waals surface area (Å²) in [7, 11) is 0. The van der Waals surface area contributed by atoms with Gasteiger partial charge in [0, 0.05) is 6.54 Å². The topological polar surface area (TPSA) is 58.2 Å². The molecule has 2 amide bonds. The second-order valence-corrected chi connectivity index (χ2v) is 5.16. The molecular weight excluding hydrogens is 290 g/mol. The summed E-state index contributed by atoms with van der Waals surface area (Å²) in [5, 5.41) is 4.40. The molecule has 22 heavy (non-hydrogen) atoms. The third-order valence-corrected chi connectivity index (χ3v) is 3.52. The van der Waals surface area contributed by atoms with Crippen LogP contribution < -0.4 is 10.6 Å². The SMILES string of the molecule is O=C(NCCC1=CCCCC1)C(=O)Nc1c(F)cccc1F. The van der Waals surface area contributed by atoms with Crippen LogP contribution in [0.3, 0.4) is 0 Å². The number of rotatable bonds is 4. The number of benzene rings is 1. The third kappa shape index (κ3) is 4.38. The Balaban J connectivity index is 1.82. The van der Waals surface area contributed by atoms with E-state index >= 15 is 0 Å². The fraction of sp³-hybridized carbons (Fsp3) is 0.375. The van der Waals surface area contributed by atoms with Crippen LogP contribution in [0.15, 0.2) is 29.8 Å². The van der Waals surface area contributed by atoms with Crippen LogP contribution in [-0.4, -0.2) is 18.4 Å². The minimum atomic E-state index is -1.08. The van der Waals surface area contributed by atoms with E-state index in [0.29, 0.717) is 13.0 Å². The largest absolute Gasteiger partial charge is 0.348 e. The molecule has 4 nitrogen and oxygen atoms in total. The summed E-state index contributed by atoms with van der Waals surface area (Å²) in [6.45, 7) is 0.331. The van der Waals surface area contributed by atoms with Gasteiger partial charge in [-0.15, -0.1) is 0 Å². The van der Waals surface area contributed by atoms with Gasteiger partial charge in [0.2, 0.25) is 0 Å². The molecule has 0 saturated carbocycles. The first-order valence-corrected chi connectivity index (χ1v) is 7.29. The molecule has 0 saturated heterocycles. The summed E-state index contributed by atoms with van der Waals surface area (Å²) in [6.07, 6.45) is 7.25. The Kier molecular flexibility index (Phi) is 5.63. The second kappa shape index (κ2) is 7.68. The molecular formula is C16H18F2N2O2. The number of anilines is 1. The lowest BCUT2D eigenvalue weighted by Gasteiger charge is -2.13. The van der Waals surface area contributed by atoms with E-state index in [0.717, 1.165) is 31.4 Å². The number of hydrogen-bond donors (Lipinski definition) is 2. The molecule has 0 heterocycles. The summed E-state index contributed by atoms with van der Waals surface area (Å²) in [6, 6.07) is 3.19. The molecule has 0 aromatic heterocycles. The number of allylic oxidation sites excluding steroid dienone is 1. The Bertz CT molecular complexity index is 580. The first-order valence-electron chi connectivity index (χ1n) is 7.29. The molecule has 0 atom stereocenters. The lowest BCUT2D eigenvalue weighted by Crippen LogP contribution is -2.36. The van der Waals surface area contributed by atoms with Crippen LogP contribution in [0.25, 0.3) is 0 Å². The van der Waals surface area contributed by atoms with E-state index in [9.17, 15) is 18.4 Å². The highest BCUT2D eigenvalue weighted by Crippen LogP contribution is 2.19. The number of para-hydroxylation sites is 1. The predicted molar refractivity (Wildman–Crippen MR) is 79.2 cm³/mol. The van der Waals surface area contributed by atoms with E-state index in [1.54, 1.807) is 0 Å². The van der Waals surface area contributed by atoms with Crippen LogP contribution in [-0.2, 0) is 9.59 Å². The van der Waals surface area contributed by atoms with Gasteiger partial charge in [-0.2, -0.15) is 0 Å². The van der Waals surface area contributed by atoms with E-state index in [1.807, 2.05) is 5.32 Å². The van der Waals surface area contributed by atoms with Crippen LogP contribution in [0.5, 0.6) is 0 Å². The highest BCUT2D eigenvalue weighted by atomic mass is 19.1. The Morgan fingerprint density at radius 1 is 1.09 bits per heavy atom. The molecule has 0 spiro atoms. The van der Waals surface area contributed by atoms with Crippen LogP contribution in [0.4, 0.5) is 14.5 Å². The quantitative estimate of drug-likeness (QED) is 0.664. The zero-order chi connectivity index (χ0) is 15.9. The molecule has 1 aliphatic rings. The highest BCUT2D eigenvalue weighted by molar-refractivity contribution is 6.39. The molecule has 0 radical (unpaired) electrons. The van der Waals surface area contributed by atoms with Crippen molar-refractivity contribution < 1.29 is 18.4 Å². The van der Waals surface area contributed by atoms with Crippen molar-refractivity contribution in [3.63, 3.8) is 0 Å². The van der Waals surface area contributed by atoms with Crippen molar-refractivity contribution in [1.82, 2.24) is 5.32 Å². The monoisotopic (exact) mass is 308 g/mol. The van der Waals surface area contributed by atoms with Gasteiger partial charge in [0.05, 0.1) is 0 Å². The fourth-order valence-corrected chi connectivity index (χ4v) is 2.34. The first-order chi connectivity index (χ1) is 10.6. The number of carbonyl (C=O) groups is 2. The Morgan fingerprint density at radius 2 is 1.82 bits per heavy atom. The predicted octanol–water partition coefficient (Wildman–Crippen LogP) is 2.91. The Morgan fingerprint density at radius 3 is 2.45 bits per heavy atom. The van der Waals surface area contributed by atoms with Crippen LogP contribution in [0, 0.1) is 11.6 Å². The fourth-order valence-electron chi connectivity index (χ4n) is 2.34. The molecule has 1 aromatic rings. The van der Waals surface area contributed by atoms with Crippen molar-refractivity contribution in [3.05, 3.63) is 41.5 Å². The summed E-state index contributed by atoms with van der Waals surface area (Å²) in [5.74, 6) is -3.83. The summed E-state index contributed by atoms with van der Waals surface area (Å²) >= 11 is 0. The molecule has 2 N–H and O–H groups in total. The molecule has 0 unspecified atom stereocenters.